The molecule has 7 nitrogen and oxygen atoms in total. The van der Waals surface area contributed by atoms with Gasteiger partial charge in [0.15, 0.2) is 5.75 Å². The molecule has 0 bridgehead atoms. The van der Waals surface area contributed by atoms with Gasteiger partial charge in [0.05, 0.1) is 16.8 Å². The monoisotopic (exact) mass is 392 g/mol. The van der Waals surface area contributed by atoms with Crippen LogP contribution in [0.15, 0.2) is 36.7 Å². The zero-order valence-electron chi connectivity index (χ0n) is 13.5. The average Bonchev–Trinajstić information content (AvgIpc) is 2.60. The third-order valence-electron chi connectivity index (χ3n) is 2.80. The molecule has 1 aromatic heterocycles. The first-order chi connectivity index (χ1) is 12.3. The van der Waals surface area contributed by atoms with E-state index in [-0.39, 0.29) is 23.7 Å². The van der Waals surface area contributed by atoms with Crippen molar-refractivity contribution >= 4 is 23.7 Å². The van der Waals surface area contributed by atoms with Crippen LogP contribution in [0.3, 0.4) is 0 Å². The quantitative estimate of drug-likeness (QED) is 0.302. The summed E-state index contributed by atoms with van der Waals surface area (Å²) in [5.74, 6) is 4.35. The van der Waals surface area contributed by atoms with E-state index in [1.165, 1.54) is 30.6 Å². The Balaban J connectivity index is 0.000000765. The van der Waals surface area contributed by atoms with Gasteiger partial charge in [-0.15, -0.1) is 13.2 Å². The van der Waals surface area contributed by atoms with Crippen molar-refractivity contribution < 1.29 is 27.4 Å². The summed E-state index contributed by atoms with van der Waals surface area (Å²) in [6.07, 6.45) is -1.52. The molecule has 1 heterocycles. The van der Waals surface area contributed by atoms with Crippen molar-refractivity contribution in [3.63, 3.8) is 0 Å². The highest BCUT2D eigenvalue weighted by Crippen LogP contribution is 2.33. The van der Waals surface area contributed by atoms with Crippen LogP contribution in [0.25, 0.3) is 0 Å². The number of benzene rings is 1. The zero-order chi connectivity index (χ0) is 19.6. The number of rotatable bonds is 6. The Bertz CT molecular complexity index is 717. The fourth-order valence-corrected chi connectivity index (χ4v) is 1.95. The molecule has 0 spiro atoms. The number of hydrazine groups is 1. The lowest BCUT2D eigenvalue weighted by Gasteiger charge is -2.17. The minimum atomic E-state index is -4.78. The van der Waals surface area contributed by atoms with Crippen LogP contribution in [0.4, 0.5) is 18.9 Å². The minimum Gasteiger partial charge on any atom is -0.485 e. The van der Waals surface area contributed by atoms with Crippen molar-refractivity contribution in [2.24, 2.45) is 5.84 Å². The number of nitrogens with zero attached hydrogens (tertiary/aromatic N) is 1. The number of anilines is 1. The predicted molar refractivity (Wildman–Crippen MR) is 89.6 cm³/mol. The second-order valence-corrected chi connectivity index (χ2v) is 4.87. The molecular weight excluding hydrogens is 377 g/mol. The normalized spacial score (nSPS) is 10.2. The number of hydrogen-bond donors (Lipinski definition) is 3. The van der Waals surface area contributed by atoms with Crippen molar-refractivity contribution in [3.05, 3.63) is 47.2 Å². The van der Waals surface area contributed by atoms with Crippen molar-refractivity contribution in [3.8, 4) is 11.5 Å². The van der Waals surface area contributed by atoms with E-state index in [2.05, 4.69) is 20.9 Å². The summed E-state index contributed by atoms with van der Waals surface area (Å²) in [7, 11) is 1.59. The average molecular weight is 393 g/mol. The van der Waals surface area contributed by atoms with Gasteiger partial charge in [0.1, 0.15) is 12.4 Å². The fraction of sp³-hybridized carbons (Fsp3) is 0.200. The van der Waals surface area contributed by atoms with Crippen molar-refractivity contribution in [1.82, 2.24) is 10.4 Å². The van der Waals surface area contributed by atoms with Crippen molar-refractivity contribution in [1.29, 1.82) is 0 Å². The zero-order valence-corrected chi connectivity index (χ0v) is 14.3. The van der Waals surface area contributed by atoms with E-state index in [0.717, 1.165) is 0 Å². The first-order valence-corrected chi connectivity index (χ1v) is 7.37. The fourth-order valence-electron chi connectivity index (χ4n) is 1.79. The molecule has 0 aliphatic carbocycles. The summed E-state index contributed by atoms with van der Waals surface area (Å²) < 4.78 is 46.9. The van der Waals surface area contributed by atoms with Crippen LogP contribution >= 0.6 is 11.6 Å². The molecule has 0 fully saturated rings. The van der Waals surface area contributed by atoms with Crippen LogP contribution in [0.5, 0.6) is 11.5 Å². The molecule has 0 aliphatic heterocycles. The number of carbonyl (C=O) groups excluding carboxylic acids is 1. The first-order valence-electron chi connectivity index (χ1n) is 6.99. The van der Waals surface area contributed by atoms with Gasteiger partial charge in [0.2, 0.25) is 6.41 Å². The number of hydrogen-bond acceptors (Lipinski definition) is 6. The van der Waals surface area contributed by atoms with Crippen molar-refractivity contribution in [2.75, 3.05) is 12.4 Å². The molecule has 1 aromatic carbocycles. The molecule has 0 aliphatic rings. The Morgan fingerprint density at radius 1 is 1.31 bits per heavy atom. The van der Waals surface area contributed by atoms with Gasteiger partial charge in [-0.25, -0.2) is 5.84 Å². The number of pyridine rings is 1. The van der Waals surface area contributed by atoms with Crippen LogP contribution in [0.2, 0.25) is 5.02 Å². The van der Waals surface area contributed by atoms with Gasteiger partial charge < -0.3 is 14.8 Å². The largest absolute Gasteiger partial charge is 0.573 e. The molecule has 2 aromatic rings. The molecule has 142 valence electrons. The summed E-state index contributed by atoms with van der Waals surface area (Å²) in [4.78, 5) is 12.8. The van der Waals surface area contributed by atoms with E-state index in [9.17, 15) is 13.2 Å². The van der Waals surface area contributed by atoms with Crippen molar-refractivity contribution in [2.45, 2.75) is 13.0 Å². The molecule has 0 unspecified atom stereocenters. The van der Waals surface area contributed by atoms with E-state index >= 15 is 0 Å². The van der Waals surface area contributed by atoms with Gasteiger partial charge in [-0.2, -0.15) is 0 Å². The summed E-state index contributed by atoms with van der Waals surface area (Å²) >= 11 is 5.92. The predicted octanol–water partition coefficient (Wildman–Crippen LogP) is 2.86. The summed E-state index contributed by atoms with van der Waals surface area (Å²) in [5.41, 5.74) is 2.43. The van der Waals surface area contributed by atoms with Gasteiger partial charge in [-0.1, -0.05) is 17.7 Å². The van der Waals surface area contributed by atoms with Gasteiger partial charge >= 0.3 is 6.36 Å². The second kappa shape index (κ2) is 10.3. The SMILES string of the molecule is CNc1cccc(OC(F)(F)F)c1COc1cnccc1Cl.NNC=O. The topological polar surface area (TPSA) is 98.5 Å². The van der Waals surface area contributed by atoms with Crippen LogP contribution in [-0.4, -0.2) is 24.8 Å². The van der Waals surface area contributed by atoms with E-state index in [4.69, 9.17) is 21.1 Å². The second-order valence-electron chi connectivity index (χ2n) is 4.46. The molecule has 0 radical (unpaired) electrons. The number of amides is 1. The maximum Gasteiger partial charge on any atom is 0.573 e. The Labute approximate surface area is 152 Å². The van der Waals surface area contributed by atoms with Crippen LogP contribution in [-0.2, 0) is 11.4 Å². The number of nitrogens with one attached hydrogen (secondary N) is 2. The molecule has 2 rings (SSSR count). The van der Waals surface area contributed by atoms with Crippen LogP contribution in [0.1, 0.15) is 5.56 Å². The number of halogens is 4. The van der Waals surface area contributed by atoms with E-state index in [0.29, 0.717) is 17.1 Å². The van der Waals surface area contributed by atoms with Gasteiger partial charge in [0.25, 0.3) is 0 Å². The Morgan fingerprint density at radius 2 is 2.00 bits per heavy atom. The highest BCUT2D eigenvalue weighted by Gasteiger charge is 2.32. The third kappa shape index (κ3) is 7.03. The molecule has 0 atom stereocenters. The summed E-state index contributed by atoms with van der Waals surface area (Å²) in [6.45, 7) is -0.159. The molecule has 0 saturated carbocycles. The Hall–Kier alpha value is -2.72. The standard InChI is InChI=1S/C14H12ClF3N2O2.CH4N2O/c1-19-11-3-2-4-12(22-14(16,17)18)9(11)8-21-13-7-20-6-5-10(13)15;2-3-1-4/h2-7,19H,8H2,1H3;1H,2H2,(H,3,4). The highest BCUT2D eigenvalue weighted by molar-refractivity contribution is 6.31. The summed E-state index contributed by atoms with van der Waals surface area (Å²) in [5, 5.41) is 3.11. The molecule has 0 saturated heterocycles. The number of ether oxygens (including phenoxy) is 2. The lowest BCUT2D eigenvalue weighted by Crippen LogP contribution is -2.19. The maximum atomic E-state index is 12.5. The number of nitrogens with two attached hydrogens (primary N) is 1. The maximum absolute atomic E-state index is 12.5. The van der Waals surface area contributed by atoms with Crippen LogP contribution < -0.4 is 26.1 Å². The van der Waals surface area contributed by atoms with Gasteiger partial charge in [-0.3, -0.25) is 15.2 Å². The van der Waals surface area contributed by atoms with E-state index < -0.39 is 6.36 Å². The smallest absolute Gasteiger partial charge is 0.485 e. The Kier molecular flexibility index (Phi) is 8.46. The number of carbonyl (C=O) groups is 1. The lowest BCUT2D eigenvalue weighted by atomic mass is 10.1. The number of aromatic nitrogens is 1. The molecule has 1 amide bonds. The number of alkyl halides is 3. The van der Waals surface area contributed by atoms with Crippen LogP contribution in [0, 0.1) is 0 Å². The van der Waals surface area contributed by atoms with E-state index in [1.54, 1.807) is 18.5 Å². The lowest BCUT2D eigenvalue weighted by molar-refractivity contribution is -0.275. The van der Waals surface area contributed by atoms with Gasteiger partial charge in [0, 0.05) is 18.9 Å². The minimum absolute atomic E-state index is 0.159. The molecule has 11 heteroatoms. The molecule has 26 heavy (non-hydrogen) atoms. The Morgan fingerprint density at radius 3 is 2.54 bits per heavy atom. The molecular formula is C15H16ClF3N4O3. The third-order valence-corrected chi connectivity index (χ3v) is 3.11. The molecule has 4 N–H and O–H groups in total. The first kappa shape index (κ1) is 21.3. The highest BCUT2D eigenvalue weighted by atomic mass is 35.5. The van der Waals surface area contributed by atoms with E-state index in [1.807, 2.05) is 0 Å². The van der Waals surface area contributed by atoms with Gasteiger partial charge in [-0.05, 0) is 18.2 Å². The summed E-state index contributed by atoms with van der Waals surface area (Å²) in [6, 6.07) is 5.81.